The minimum atomic E-state index is -0.189. The maximum Gasteiger partial charge on any atom is 0.226 e. The molecule has 1 aliphatic heterocycles. The lowest BCUT2D eigenvalue weighted by Gasteiger charge is -2.34. The van der Waals surface area contributed by atoms with Crippen molar-refractivity contribution < 1.29 is 9.59 Å². The van der Waals surface area contributed by atoms with Crippen molar-refractivity contribution >= 4 is 34.5 Å². The zero-order valence-corrected chi connectivity index (χ0v) is 21.1. The predicted octanol–water partition coefficient (Wildman–Crippen LogP) is 5.99. The monoisotopic (exact) mass is 492 g/mol. The number of hydrogen-bond acceptors (Lipinski definition) is 4. The second-order valence-corrected chi connectivity index (χ2v) is 11.7. The Balaban J connectivity index is 1.12. The van der Waals surface area contributed by atoms with E-state index >= 15 is 0 Å². The summed E-state index contributed by atoms with van der Waals surface area (Å²) in [6.07, 6.45) is 5.80. The molecule has 1 saturated heterocycles. The van der Waals surface area contributed by atoms with Gasteiger partial charge >= 0.3 is 0 Å². The number of nitrogens with one attached hydrogen (secondary N) is 1. The van der Waals surface area contributed by atoms with Crippen LogP contribution in [0.25, 0.3) is 9.75 Å². The Morgan fingerprint density at radius 2 is 1.68 bits per heavy atom. The van der Waals surface area contributed by atoms with E-state index in [0.717, 1.165) is 56.5 Å². The summed E-state index contributed by atoms with van der Waals surface area (Å²) in [5.74, 6) is 0.536. The fourth-order valence-corrected chi connectivity index (χ4v) is 7.22. The Morgan fingerprint density at radius 3 is 2.44 bits per heavy atom. The van der Waals surface area contributed by atoms with E-state index in [1.165, 1.54) is 15.3 Å². The second-order valence-electron chi connectivity index (χ2n) is 9.56. The molecule has 2 amide bonds. The van der Waals surface area contributed by atoms with Gasteiger partial charge in [-0.25, -0.2) is 0 Å². The van der Waals surface area contributed by atoms with Gasteiger partial charge in [0.15, 0.2) is 0 Å². The summed E-state index contributed by atoms with van der Waals surface area (Å²) in [7, 11) is 0. The minimum Gasteiger partial charge on any atom is -0.351 e. The molecule has 6 heteroatoms. The maximum absolute atomic E-state index is 13.3. The van der Waals surface area contributed by atoms with E-state index in [0.29, 0.717) is 12.5 Å². The number of nitrogens with zero attached hydrogens (tertiary/aromatic N) is 1. The third-order valence-corrected chi connectivity index (χ3v) is 9.48. The third kappa shape index (κ3) is 5.44. The Kier molecular flexibility index (Phi) is 7.45. The Bertz CT molecular complexity index is 1080. The number of amides is 2. The van der Waals surface area contributed by atoms with Gasteiger partial charge in [0.2, 0.25) is 11.8 Å². The highest BCUT2D eigenvalue weighted by Gasteiger charge is 2.40. The van der Waals surface area contributed by atoms with Gasteiger partial charge in [0.1, 0.15) is 0 Å². The summed E-state index contributed by atoms with van der Waals surface area (Å²) in [6, 6.07) is 19.0. The van der Waals surface area contributed by atoms with Gasteiger partial charge in [-0.2, -0.15) is 0 Å². The fourth-order valence-electron chi connectivity index (χ4n) is 5.44. The van der Waals surface area contributed by atoms with Crippen molar-refractivity contribution in [3.8, 4) is 9.75 Å². The minimum absolute atomic E-state index is 0.0425. The maximum atomic E-state index is 13.3. The summed E-state index contributed by atoms with van der Waals surface area (Å²) >= 11 is 3.46. The summed E-state index contributed by atoms with van der Waals surface area (Å²) in [5, 5.41) is 5.21. The Labute approximate surface area is 210 Å². The van der Waals surface area contributed by atoms with Gasteiger partial charge in [-0.05, 0) is 67.2 Å². The molecule has 3 aromatic rings. The Morgan fingerprint density at radius 1 is 0.882 bits per heavy atom. The van der Waals surface area contributed by atoms with Gasteiger partial charge in [0.05, 0.1) is 6.54 Å². The van der Waals surface area contributed by atoms with Gasteiger partial charge in [-0.1, -0.05) is 42.8 Å². The average molecular weight is 493 g/mol. The molecule has 178 valence electrons. The number of hydrogen-bond donors (Lipinski definition) is 1. The zero-order chi connectivity index (χ0) is 23.3. The number of thiophene rings is 2. The van der Waals surface area contributed by atoms with E-state index in [9.17, 15) is 9.59 Å². The number of carbonyl (C=O) groups is 2. The molecule has 0 bridgehead atoms. The largest absolute Gasteiger partial charge is 0.351 e. The highest BCUT2D eigenvalue weighted by Crippen LogP contribution is 2.35. The van der Waals surface area contributed by atoms with Crippen LogP contribution in [0.5, 0.6) is 0 Å². The van der Waals surface area contributed by atoms with E-state index in [2.05, 4.69) is 65.3 Å². The first-order valence-corrected chi connectivity index (χ1v) is 14.1. The molecule has 0 spiro atoms. The van der Waals surface area contributed by atoms with Crippen molar-refractivity contribution in [2.45, 2.75) is 45.1 Å². The molecular weight excluding hydrogens is 460 g/mol. The molecule has 4 nitrogen and oxygen atoms in total. The molecule has 2 aromatic heterocycles. The van der Waals surface area contributed by atoms with E-state index in [4.69, 9.17) is 0 Å². The number of benzene rings is 1. The van der Waals surface area contributed by atoms with Crippen LogP contribution in [0.4, 0.5) is 0 Å². The molecule has 2 fully saturated rings. The molecule has 1 aliphatic carbocycles. The van der Waals surface area contributed by atoms with Crippen LogP contribution < -0.4 is 5.32 Å². The smallest absolute Gasteiger partial charge is 0.226 e. The molecule has 1 aromatic carbocycles. The van der Waals surface area contributed by atoms with Crippen LogP contribution in [-0.4, -0.2) is 29.8 Å². The lowest BCUT2D eigenvalue weighted by atomic mass is 9.88. The van der Waals surface area contributed by atoms with Crippen molar-refractivity contribution in [3.05, 3.63) is 70.4 Å². The standard InChI is InChI=1S/C28H32N2O2S2/c31-27(29-19-22-11-12-26(34-22)25-10-5-17-33-25)23-8-4-9-24(23)28(32)30-15-13-21(14-16-30)18-20-6-2-1-3-7-20/h1-3,5-7,10-12,17,21,23-24H,4,8-9,13-16,18-19H2,(H,29,31)/t23-,24-/m1/s1. The van der Waals surface area contributed by atoms with Crippen molar-refractivity contribution in [2.75, 3.05) is 13.1 Å². The van der Waals surface area contributed by atoms with E-state index in [1.54, 1.807) is 22.7 Å². The number of likely N-dealkylation sites (tertiary alicyclic amines) is 1. The van der Waals surface area contributed by atoms with Gasteiger partial charge in [-0.15, -0.1) is 22.7 Å². The highest BCUT2D eigenvalue weighted by atomic mass is 32.1. The van der Waals surface area contributed by atoms with E-state index in [-0.39, 0.29) is 23.7 Å². The molecule has 0 radical (unpaired) electrons. The number of carbonyl (C=O) groups excluding carboxylic acids is 2. The fraction of sp³-hybridized carbons (Fsp3) is 0.429. The lowest BCUT2D eigenvalue weighted by molar-refractivity contribution is -0.142. The van der Waals surface area contributed by atoms with Crippen LogP contribution in [0.1, 0.15) is 42.5 Å². The second kappa shape index (κ2) is 10.9. The first kappa shape index (κ1) is 23.3. The molecular formula is C28H32N2O2S2. The molecule has 0 unspecified atom stereocenters. The SMILES string of the molecule is O=C(NCc1ccc(-c2cccs2)s1)[C@@H]1CCC[C@H]1C(=O)N1CCC(Cc2ccccc2)CC1. The Hall–Kier alpha value is -2.44. The molecule has 1 N–H and O–H groups in total. The number of rotatable bonds is 7. The summed E-state index contributed by atoms with van der Waals surface area (Å²) in [6.45, 7) is 2.18. The normalized spacial score (nSPS) is 21.0. The van der Waals surface area contributed by atoms with Crippen LogP contribution in [0.15, 0.2) is 60.0 Å². The summed E-state index contributed by atoms with van der Waals surface area (Å²) in [4.78, 5) is 32.1. The number of piperidine rings is 1. The highest BCUT2D eigenvalue weighted by molar-refractivity contribution is 7.21. The van der Waals surface area contributed by atoms with Crippen LogP contribution in [0, 0.1) is 17.8 Å². The molecule has 2 aliphatic rings. The molecule has 3 heterocycles. The van der Waals surface area contributed by atoms with Crippen molar-refractivity contribution in [1.82, 2.24) is 10.2 Å². The van der Waals surface area contributed by atoms with Gasteiger partial charge < -0.3 is 10.2 Å². The van der Waals surface area contributed by atoms with Crippen molar-refractivity contribution in [1.29, 1.82) is 0 Å². The molecule has 1 saturated carbocycles. The topological polar surface area (TPSA) is 49.4 Å². The van der Waals surface area contributed by atoms with E-state index < -0.39 is 0 Å². The van der Waals surface area contributed by atoms with E-state index in [1.807, 2.05) is 4.90 Å². The van der Waals surface area contributed by atoms with Crippen molar-refractivity contribution in [3.63, 3.8) is 0 Å². The lowest BCUT2D eigenvalue weighted by Crippen LogP contribution is -2.45. The summed E-state index contributed by atoms with van der Waals surface area (Å²) in [5.41, 5.74) is 1.38. The third-order valence-electron chi connectivity index (χ3n) is 7.33. The van der Waals surface area contributed by atoms with Crippen molar-refractivity contribution in [2.24, 2.45) is 17.8 Å². The molecule has 5 rings (SSSR count). The van der Waals surface area contributed by atoms with Gasteiger partial charge in [0.25, 0.3) is 0 Å². The van der Waals surface area contributed by atoms with Crippen LogP contribution in [-0.2, 0) is 22.6 Å². The molecule has 2 atom stereocenters. The van der Waals surface area contributed by atoms with Gasteiger partial charge in [-0.3, -0.25) is 9.59 Å². The predicted molar refractivity (Wildman–Crippen MR) is 140 cm³/mol. The summed E-state index contributed by atoms with van der Waals surface area (Å²) < 4.78 is 0. The van der Waals surface area contributed by atoms with Crippen LogP contribution >= 0.6 is 22.7 Å². The van der Waals surface area contributed by atoms with Crippen LogP contribution in [0.3, 0.4) is 0 Å². The first-order valence-electron chi connectivity index (χ1n) is 12.4. The van der Waals surface area contributed by atoms with Gasteiger partial charge in [0, 0.05) is 39.6 Å². The zero-order valence-electron chi connectivity index (χ0n) is 19.4. The average Bonchev–Trinajstić information content (AvgIpc) is 3.65. The quantitative estimate of drug-likeness (QED) is 0.440. The van der Waals surface area contributed by atoms with Crippen LogP contribution in [0.2, 0.25) is 0 Å². The first-order chi connectivity index (χ1) is 16.7. The molecule has 34 heavy (non-hydrogen) atoms.